The van der Waals surface area contributed by atoms with Gasteiger partial charge >= 0.3 is 0 Å². The molecule has 0 aliphatic rings. The van der Waals surface area contributed by atoms with Gasteiger partial charge in [-0.2, -0.15) is 0 Å². The van der Waals surface area contributed by atoms with E-state index < -0.39 is 0 Å². The number of nitrogens with one attached hydrogen (secondary N) is 1. The van der Waals surface area contributed by atoms with Crippen molar-refractivity contribution in [1.29, 1.82) is 0 Å². The summed E-state index contributed by atoms with van der Waals surface area (Å²) >= 11 is 0. The second-order valence-electron chi connectivity index (χ2n) is 5.75. The van der Waals surface area contributed by atoms with E-state index in [4.69, 9.17) is 29.4 Å². The Morgan fingerprint density at radius 2 is 1.43 bits per heavy atom. The van der Waals surface area contributed by atoms with Crippen LogP contribution in [0, 0.1) is 0 Å². The highest BCUT2D eigenvalue weighted by atomic mass is 16.5. The van der Waals surface area contributed by atoms with E-state index in [0.717, 1.165) is 11.1 Å². The van der Waals surface area contributed by atoms with Crippen LogP contribution in [0.25, 0.3) is 0 Å². The van der Waals surface area contributed by atoms with Crippen LogP contribution in [0.2, 0.25) is 0 Å². The number of ether oxygens (including phenoxy) is 5. The minimum atomic E-state index is 0.301. The molecule has 0 unspecified atom stereocenters. The predicted octanol–water partition coefficient (Wildman–Crippen LogP) is 2.33. The highest BCUT2D eigenvalue weighted by Gasteiger charge is 2.13. The smallest absolute Gasteiger partial charge is 0.189 e. The Hall–Kier alpha value is -3.29. The van der Waals surface area contributed by atoms with Crippen molar-refractivity contribution in [1.82, 2.24) is 5.32 Å². The number of nitrogens with two attached hydrogens (primary N) is 1. The lowest BCUT2D eigenvalue weighted by Crippen LogP contribution is -2.31. The number of methoxy groups -OCH3 is 5. The number of guanidine groups is 1. The summed E-state index contributed by atoms with van der Waals surface area (Å²) in [6, 6.07) is 9.19. The number of nitrogens with zero attached hydrogens (tertiary/aromatic N) is 1. The Bertz CT molecular complexity index is 798. The van der Waals surface area contributed by atoms with Crippen LogP contribution >= 0.6 is 0 Å². The molecule has 3 N–H and O–H groups in total. The maximum Gasteiger partial charge on any atom is 0.189 e. The van der Waals surface area contributed by atoms with Gasteiger partial charge in [-0.15, -0.1) is 0 Å². The highest BCUT2D eigenvalue weighted by Crippen LogP contribution is 2.33. The molecule has 28 heavy (non-hydrogen) atoms. The molecule has 0 aliphatic heterocycles. The minimum absolute atomic E-state index is 0.301. The summed E-state index contributed by atoms with van der Waals surface area (Å²) < 4.78 is 26.7. The summed E-state index contributed by atoms with van der Waals surface area (Å²) in [5, 5.41) is 3.08. The first-order chi connectivity index (χ1) is 13.6. The molecule has 8 nitrogen and oxygen atoms in total. The van der Waals surface area contributed by atoms with Crippen molar-refractivity contribution in [2.45, 2.75) is 13.1 Å². The van der Waals surface area contributed by atoms with Gasteiger partial charge in [0.15, 0.2) is 17.5 Å². The fourth-order valence-corrected chi connectivity index (χ4v) is 2.64. The summed E-state index contributed by atoms with van der Waals surface area (Å²) in [4.78, 5) is 4.37. The monoisotopic (exact) mass is 389 g/mol. The van der Waals surface area contributed by atoms with E-state index in [-0.39, 0.29) is 0 Å². The van der Waals surface area contributed by atoms with Crippen LogP contribution < -0.4 is 34.7 Å². The molecule has 0 saturated carbocycles. The van der Waals surface area contributed by atoms with Crippen molar-refractivity contribution in [3.63, 3.8) is 0 Å². The number of aliphatic imine (C=N–C) groups is 1. The molecule has 0 fully saturated rings. The number of benzene rings is 2. The Kier molecular flexibility index (Phi) is 7.62. The van der Waals surface area contributed by atoms with Gasteiger partial charge in [0.05, 0.1) is 54.2 Å². The van der Waals surface area contributed by atoms with Crippen LogP contribution in [-0.4, -0.2) is 41.5 Å². The molecule has 152 valence electrons. The lowest BCUT2D eigenvalue weighted by molar-refractivity contribution is 0.354. The summed E-state index contributed by atoms with van der Waals surface area (Å²) in [6.07, 6.45) is 0. The SMILES string of the molecule is COc1cc(OC)c(CNC(N)=NCc2ccc(OC)c(OC)c2)c(OC)c1. The molecule has 0 bridgehead atoms. The molecule has 0 saturated heterocycles. The lowest BCUT2D eigenvalue weighted by Gasteiger charge is -2.16. The van der Waals surface area contributed by atoms with Gasteiger partial charge in [-0.3, -0.25) is 0 Å². The summed E-state index contributed by atoms with van der Waals surface area (Å²) in [6.45, 7) is 0.785. The van der Waals surface area contributed by atoms with Crippen molar-refractivity contribution in [2.75, 3.05) is 35.5 Å². The number of hydrogen-bond donors (Lipinski definition) is 2. The van der Waals surface area contributed by atoms with E-state index in [1.54, 1.807) is 47.7 Å². The molecular formula is C20H27N3O5. The Morgan fingerprint density at radius 3 is 1.96 bits per heavy atom. The Morgan fingerprint density at radius 1 is 0.821 bits per heavy atom. The molecule has 0 atom stereocenters. The Labute approximate surface area is 165 Å². The topological polar surface area (TPSA) is 96.6 Å². The highest BCUT2D eigenvalue weighted by molar-refractivity contribution is 5.78. The number of rotatable bonds is 9. The van der Waals surface area contributed by atoms with E-state index in [1.807, 2.05) is 18.2 Å². The van der Waals surface area contributed by atoms with Crippen LogP contribution in [0.1, 0.15) is 11.1 Å². The fraction of sp³-hybridized carbons (Fsp3) is 0.350. The largest absolute Gasteiger partial charge is 0.496 e. The second-order valence-corrected chi connectivity index (χ2v) is 5.75. The van der Waals surface area contributed by atoms with Crippen molar-refractivity contribution in [3.05, 3.63) is 41.5 Å². The summed E-state index contributed by atoms with van der Waals surface area (Å²) in [7, 11) is 7.96. The van der Waals surface area contributed by atoms with E-state index in [1.165, 1.54) is 0 Å². The molecule has 0 amide bonds. The summed E-state index contributed by atoms with van der Waals surface area (Å²) in [5.74, 6) is 3.53. The van der Waals surface area contributed by atoms with Gasteiger partial charge in [-0.1, -0.05) is 6.07 Å². The standard InChI is InChI=1S/C20H27N3O5/c1-24-14-9-17(26-3)15(18(10-14)27-4)12-23-20(21)22-11-13-6-7-16(25-2)19(8-13)28-5/h6-10H,11-12H2,1-5H3,(H3,21,22,23). The molecule has 2 aromatic carbocycles. The quantitative estimate of drug-likeness (QED) is 0.502. The van der Waals surface area contributed by atoms with Gasteiger partial charge < -0.3 is 34.7 Å². The maximum atomic E-state index is 6.01. The zero-order valence-corrected chi connectivity index (χ0v) is 16.9. The zero-order chi connectivity index (χ0) is 20.5. The number of hydrogen-bond acceptors (Lipinski definition) is 6. The third kappa shape index (κ3) is 5.12. The summed E-state index contributed by atoms with van der Waals surface area (Å²) in [5.41, 5.74) is 7.77. The first-order valence-corrected chi connectivity index (χ1v) is 8.59. The van der Waals surface area contributed by atoms with Crippen LogP contribution in [0.3, 0.4) is 0 Å². The van der Waals surface area contributed by atoms with Crippen LogP contribution in [0.15, 0.2) is 35.3 Å². The van der Waals surface area contributed by atoms with E-state index in [9.17, 15) is 0 Å². The normalized spacial score (nSPS) is 11.0. The lowest BCUT2D eigenvalue weighted by atomic mass is 10.1. The fourth-order valence-electron chi connectivity index (χ4n) is 2.64. The van der Waals surface area contributed by atoms with Gasteiger partial charge in [0.2, 0.25) is 0 Å². The van der Waals surface area contributed by atoms with E-state index in [0.29, 0.717) is 47.8 Å². The van der Waals surface area contributed by atoms with Gasteiger partial charge in [-0.05, 0) is 17.7 Å². The van der Waals surface area contributed by atoms with Crippen LogP contribution in [0.5, 0.6) is 28.7 Å². The van der Waals surface area contributed by atoms with Crippen molar-refractivity contribution in [3.8, 4) is 28.7 Å². The molecule has 0 aliphatic carbocycles. The molecule has 0 heterocycles. The zero-order valence-electron chi connectivity index (χ0n) is 16.9. The van der Waals surface area contributed by atoms with Gasteiger partial charge in [0.1, 0.15) is 17.2 Å². The van der Waals surface area contributed by atoms with Gasteiger partial charge in [0.25, 0.3) is 0 Å². The molecule has 2 rings (SSSR count). The maximum absolute atomic E-state index is 6.01. The average molecular weight is 389 g/mol. The molecular weight excluding hydrogens is 362 g/mol. The first kappa shape index (κ1) is 21.0. The molecule has 0 aromatic heterocycles. The predicted molar refractivity (Wildman–Crippen MR) is 108 cm³/mol. The first-order valence-electron chi connectivity index (χ1n) is 8.59. The molecule has 8 heteroatoms. The third-order valence-electron chi connectivity index (χ3n) is 4.14. The average Bonchev–Trinajstić information content (AvgIpc) is 2.75. The van der Waals surface area contributed by atoms with Crippen LogP contribution in [0.4, 0.5) is 0 Å². The van der Waals surface area contributed by atoms with Crippen molar-refractivity contribution < 1.29 is 23.7 Å². The van der Waals surface area contributed by atoms with E-state index >= 15 is 0 Å². The molecule has 2 aromatic rings. The molecule has 0 radical (unpaired) electrons. The van der Waals surface area contributed by atoms with Crippen molar-refractivity contribution >= 4 is 5.96 Å². The Balaban J connectivity index is 2.08. The second kappa shape index (κ2) is 10.1. The van der Waals surface area contributed by atoms with Crippen molar-refractivity contribution in [2.24, 2.45) is 10.7 Å². The van der Waals surface area contributed by atoms with Gasteiger partial charge in [-0.25, -0.2) is 4.99 Å². The third-order valence-corrected chi connectivity index (χ3v) is 4.14. The van der Waals surface area contributed by atoms with Crippen LogP contribution in [-0.2, 0) is 13.1 Å². The molecule has 0 spiro atoms. The van der Waals surface area contributed by atoms with E-state index in [2.05, 4.69) is 10.3 Å². The van der Waals surface area contributed by atoms with Gasteiger partial charge in [0, 0.05) is 12.1 Å². The minimum Gasteiger partial charge on any atom is -0.496 e.